The van der Waals surface area contributed by atoms with Gasteiger partial charge in [0.05, 0.1) is 19.8 Å². The summed E-state index contributed by atoms with van der Waals surface area (Å²) in [5, 5.41) is 0. The van der Waals surface area contributed by atoms with Gasteiger partial charge in [-0.25, -0.2) is 4.79 Å². The molecule has 1 atom stereocenters. The highest BCUT2D eigenvalue weighted by atomic mass is 16.5. The Morgan fingerprint density at radius 1 is 0.938 bits per heavy atom. The highest BCUT2D eigenvalue weighted by molar-refractivity contribution is 5.93. The number of esters is 1. The average molecular weight is 435 g/mol. The normalized spacial score (nSPS) is 15.0. The fraction of sp³-hybridized carbons (Fsp3) is 0.333. The second-order valence-corrected chi connectivity index (χ2v) is 7.78. The number of rotatable bonds is 11. The first-order valence-electron chi connectivity index (χ1n) is 10.9. The van der Waals surface area contributed by atoms with Gasteiger partial charge in [-0.2, -0.15) is 0 Å². The van der Waals surface area contributed by atoms with Gasteiger partial charge in [0.2, 0.25) is 0 Å². The number of carbonyl (C=O) groups excluding carboxylic acids is 2. The molecule has 1 aliphatic carbocycles. The van der Waals surface area contributed by atoms with E-state index >= 15 is 0 Å². The molecule has 0 spiro atoms. The van der Waals surface area contributed by atoms with E-state index in [1.165, 1.54) is 18.3 Å². The molecule has 5 heteroatoms. The number of methoxy groups -OCH3 is 2. The molecule has 0 fully saturated rings. The van der Waals surface area contributed by atoms with Crippen LogP contribution >= 0.6 is 0 Å². The van der Waals surface area contributed by atoms with E-state index in [0.717, 1.165) is 17.9 Å². The first-order chi connectivity index (χ1) is 15.5. The fourth-order valence-corrected chi connectivity index (χ4v) is 4.04. The quantitative estimate of drug-likeness (QED) is 0.447. The van der Waals surface area contributed by atoms with Gasteiger partial charge in [-0.1, -0.05) is 48.9 Å². The van der Waals surface area contributed by atoms with Crippen LogP contribution in [0.1, 0.15) is 42.1 Å². The van der Waals surface area contributed by atoms with Crippen LogP contribution in [0.15, 0.2) is 71.8 Å². The van der Waals surface area contributed by atoms with Gasteiger partial charge in [0.15, 0.2) is 0 Å². The Balaban J connectivity index is 1.53. The summed E-state index contributed by atoms with van der Waals surface area (Å²) in [6.45, 7) is 2.66. The summed E-state index contributed by atoms with van der Waals surface area (Å²) >= 11 is 0. The molecule has 3 rings (SSSR count). The Morgan fingerprint density at radius 3 is 2.44 bits per heavy atom. The van der Waals surface area contributed by atoms with Crippen molar-refractivity contribution >= 4 is 11.8 Å². The zero-order valence-corrected chi connectivity index (χ0v) is 18.9. The Kier molecular flexibility index (Phi) is 8.26. The molecule has 0 heterocycles. The summed E-state index contributed by atoms with van der Waals surface area (Å²) < 4.78 is 16.0. The van der Waals surface area contributed by atoms with Gasteiger partial charge in [-0.05, 0) is 42.2 Å². The largest absolute Gasteiger partial charge is 0.497 e. The van der Waals surface area contributed by atoms with Crippen molar-refractivity contribution in [3.63, 3.8) is 0 Å². The summed E-state index contributed by atoms with van der Waals surface area (Å²) in [7, 11) is 2.98. The highest BCUT2D eigenvalue weighted by Gasteiger charge is 2.23. The molecule has 0 radical (unpaired) electrons. The minimum Gasteiger partial charge on any atom is -0.497 e. The molecule has 2 aromatic carbocycles. The number of hydrogen-bond acceptors (Lipinski definition) is 5. The third kappa shape index (κ3) is 5.88. The summed E-state index contributed by atoms with van der Waals surface area (Å²) in [6.07, 6.45) is 6.56. The van der Waals surface area contributed by atoms with Crippen LogP contribution in [0.5, 0.6) is 11.5 Å². The molecule has 0 saturated carbocycles. The van der Waals surface area contributed by atoms with E-state index in [1.54, 1.807) is 19.2 Å². The van der Waals surface area contributed by atoms with Crippen molar-refractivity contribution in [2.45, 2.75) is 32.6 Å². The van der Waals surface area contributed by atoms with Crippen molar-refractivity contribution in [2.24, 2.45) is 5.92 Å². The Morgan fingerprint density at radius 2 is 1.69 bits per heavy atom. The standard InChI is InChI=1S/C27H30O5/c1-4-25-19(12-13-21(25)18-32-24-10-7-9-23(17-24)30-2)14-15-22(28)16-20-8-5-6-11-26(20)27(29)31-3/h5-13,17,25H,4,14-16,18H2,1-3H3. The van der Waals surface area contributed by atoms with Crippen LogP contribution in [0, 0.1) is 5.92 Å². The lowest BCUT2D eigenvalue weighted by Gasteiger charge is -2.18. The smallest absolute Gasteiger partial charge is 0.338 e. The maximum absolute atomic E-state index is 12.6. The Hall–Kier alpha value is -3.34. The Labute approximate surface area is 189 Å². The van der Waals surface area contributed by atoms with Gasteiger partial charge in [-0.15, -0.1) is 0 Å². The first kappa shape index (κ1) is 23.3. The maximum Gasteiger partial charge on any atom is 0.338 e. The third-order valence-corrected chi connectivity index (χ3v) is 5.76. The molecule has 0 bridgehead atoms. The van der Waals surface area contributed by atoms with Crippen LogP contribution in [-0.4, -0.2) is 32.6 Å². The molecule has 0 N–H and O–H groups in total. The summed E-state index contributed by atoms with van der Waals surface area (Å²) in [5.74, 6) is 1.52. The van der Waals surface area contributed by atoms with E-state index in [9.17, 15) is 9.59 Å². The molecule has 168 valence electrons. The second kappa shape index (κ2) is 11.3. The number of benzene rings is 2. The third-order valence-electron chi connectivity index (χ3n) is 5.76. The van der Waals surface area contributed by atoms with Crippen molar-refractivity contribution in [3.8, 4) is 11.5 Å². The second-order valence-electron chi connectivity index (χ2n) is 7.78. The van der Waals surface area contributed by atoms with E-state index in [-0.39, 0.29) is 18.1 Å². The SMILES string of the molecule is CCC1C(CCC(=O)Cc2ccccc2C(=O)OC)=CC=C1COc1cccc(OC)c1. The minimum atomic E-state index is -0.414. The van der Waals surface area contributed by atoms with E-state index in [1.807, 2.05) is 36.4 Å². The Bertz CT molecular complexity index is 1020. The molecule has 2 aromatic rings. The number of Topliss-reactive ketones (excluding diaryl/α,β-unsaturated/α-hetero) is 1. The van der Waals surface area contributed by atoms with Gasteiger partial charge in [-0.3, -0.25) is 4.79 Å². The monoisotopic (exact) mass is 434 g/mol. The van der Waals surface area contributed by atoms with Gasteiger partial charge < -0.3 is 14.2 Å². The van der Waals surface area contributed by atoms with E-state index < -0.39 is 5.97 Å². The lowest BCUT2D eigenvalue weighted by molar-refractivity contribution is -0.118. The van der Waals surface area contributed by atoms with Crippen molar-refractivity contribution in [1.29, 1.82) is 0 Å². The molecule has 0 aliphatic heterocycles. The van der Waals surface area contributed by atoms with Crippen LogP contribution in [0.25, 0.3) is 0 Å². The zero-order chi connectivity index (χ0) is 22.9. The van der Waals surface area contributed by atoms with Gasteiger partial charge >= 0.3 is 5.97 Å². The molecular weight excluding hydrogens is 404 g/mol. The van der Waals surface area contributed by atoms with Crippen LogP contribution in [0.3, 0.4) is 0 Å². The number of carbonyl (C=O) groups is 2. The molecular formula is C27H30O5. The fourth-order valence-electron chi connectivity index (χ4n) is 4.04. The molecule has 0 saturated heterocycles. The molecule has 5 nitrogen and oxygen atoms in total. The maximum atomic E-state index is 12.6. The summed E-state index contributed by atoms with van der Waals surface area (Å²) in [6, 6.07) is 14.7. The van der Waals surface area contributed by atoms with Crippen molar-refractivity contribution in [1.82, 2.24) is 0 Å². The van der Waals surface area contributed by atoms with E-state index in [2.05, 4.69) is 19.1 Å². The van der Waals surface area contributed by atoms with Crippen LogP contribution in [0.2, 0.25) is 0 Å². The van der Waals surface area contributed by atoms with Crippen molar-refractivity contribution in [2.75, 3.05) is 20.8 Å². The van der Waals surface area contributed by atoms with Crippen molar-refractivity contribution in [3.05, 3.63) is 83.0 Å². The first-order valence-corrected chi connectivity index (χ1v) is 10.9. The number of ether oxygens (including phenoxy) is 3. The summed E-state index contributed by atoms with van der Waals surface area (Å²) in [4.78, 5) is 24.6. The van der Waals surface area contributed by atoms with Crippen LogP contribution in [-0.2, 0) is 16.0 Å². The van der Waals surface area contributed by atoms with Crippen LogP contribution < -0.4 is 9.47 Å². The minimum absolute atomic E-state index is 0.109. The molecule has 1 unspecified atom stereocenters. The molecule has 1 aliphatic rings. The average Bonchev–Trinajstić information content (AvgIpc) is 3.23. The predicted molar refractivity (Wildman–Crippen MR) is 124 cm³/mol. The molecule has 0 amide bonds. The van der Waals surface area contributed by atoms with E-state index in [4.69, 9.17) is 14.2 Å². The lowest BCUT2D eigenvalue weighted by atomic mass is 9.89. The number of hydrogen-bond donors (Lipinski definition) is 0. The topological polar surface area (TPSA) is 61.8 Å². The van der Waals surface area contributed by atoms with Crippen molar-refractivity contribution < 1.29 is 23.8 Å². The molecule has 32 heavy (non-hydrogen) atoms. The van der Waals surface area contributed by atoms with Gasteiger partial charge in [0, 0.05) is 24.8 Å². The zero-order valence-electron chi connectivity index (χ0n) is 18.9. The molecule has 0 aromatic heterocycles. The number of allylic oxidation sites excluding steroid dienone is 3. The summed E-state index contributed by atoms with van der Waals surface area (Å²) in [5.41, 5.74) is 3.64. The van der Waals surface area contributed by atoms with E-state index in [0.29, 0.717) is 30.6 Å². The predicted octanol–water partition coefficient (Wildman–Crippen LogP) is 5.35. The number of ketones is 1. The van der Waals surface area contributed by atoms with Gasteiger partial charge in [0.25, 0.3) is 0 Å². The highest BCUT2D eigenvalue weighted by Crippen LogP contribution is 2.33. The lowest BCUT2D eigenvalue weighted by Crippen LogP contribution is -2.13. The van der Waals surface area contributed by atoms with Crippen LogP contribution in [0.4, 0.5) is 0 Å². The van der Waals surface area contributed by atoms with Gasteiger partial charge in [0.1, 0.15) is 23.9 Å².